The average molecular weight is 274 g/mol. The van der Waals surface area contributed by atoms with E-state index < -0.39 is 0 Å². The van der Waals surface area contributed by atoms with Crippen molar-refractivity contribution in [1.29, 1.82) is 0 Å². The van der Waals surface area contributed by atoms with Crippen LogP contribution < -0.4 is 15.4 Å². The van der Waals surface area contributed by atoms with Crippen molar-refractivity contribution in [1.82, 2.24) is 9.97 Å². The number of benzene rings is 1. The molecular formula is C14H18N4O2. The lowest BCUT2D eigenvalue weighted by molar-refractivity contribution is 0.178. The number of hydrogen-bond acceptors (Lipinski definition) is 6. The predicted octanol–water partition coefficient (Wildman–Crippen LogP) is 1.98. The van der Waals surface area contributed by atoms with Crippen molar-refractivity contribution < 1.29 is 9.47 Å². The van der Waals surface area contributed by atoms with Crippen LogP contribution in [-0.4, -0.2) is 31.2 Å². The fraction of sp³-hybridized carbons (Fsp3) is 0.286. The van der Waals surface area contributed by atoms with Gasteiger partial charge in [-0.2, -0.15) is 0 Å². The highest BCUT2D eigenvalue weighted by molar-refractivity contribution is 5.62. The summed E-state index contributed by atoms with van der Waals surface area (Å²) in [7, 11) is 5.14. The van der Waals surface area contributed by atoms with Crippen LogP contribution in [0.1, 0.15) is 5.82 Å². The summed E-state index contributed by atoms with van der Waals surface area (Å²) in [5, 5.41) is 0. The van der Waals surface area contributed by atoms with E-state index in [1.807, 2.05) is 36.2 Å². The van der Waals surface area contributed by atoms with E-state index in [0.29, 0.717) is 24.1 Å². The Morgan fingerprint density at radius 2 is 2.00 bits per heavy atom. The maximum absolute atomic E-state index is 5.80. The zero-order valence-electron chi connectivity index (χ0n) is 11.8. The Morgan fingerprint density at radius 3 is 2.70 bits per heavy atom. The molecule has 0 unspecified atom stereocenters. The Bertz CT molecular complexity index is 589. The van der Waals surface area contributed by atoms with Crippen LogP contribution in [0.15, 0.2) is 30.3 Å². The van der Waals surface area contributed by atoms with Gasteiger partial charge in [0.1, 0.15) is 24.0 Å². The Balaban J connectivity index is 2.34. The van der Waals surface area contributed by atoms with Gasteiger partial charge >= 0.3 is 0 Å². The number of anilines is 3. The highest BCUT2D eigenvalue weighted by Gasteiger charge is 2.09. The smallest absolute Gasteiger partial charge is 0.158 e. The van der Waals surface area contributed by atoms with Gasteiger partial charge in [0.2, 0.25) is 0 Å². The zero-order valence-corrected chi connectivity index (χ0v) is 11.8. The largest absolute Gasteiger partial charge is 0.497 e. The van der Waals surface area contributed by atoms with E-state index in [9.17, 15) is 0 Å². The fourth-order valence-corrected chi connectivity index (χ4v) is 1.82. The van der Waals surface area contributed by atoms with Crippen LogP contribution in [0.4, 0.5) is 17.3 Å². The van der Waals surface area contributed by atoms with Gasteiger partial charge < -0.3 is 20.1 Å². The summed E-state index contributed by atoms with van der Waals surface area (Å²) in [4.78, 5) is 10.5. The van der Waals surface area contributed by atoms with E-state index in [2.05, 4.69) is 9.97 Å². The summed E-state index contributed by atoms with van der Waals surface area (Å²) < 4.78 is 10.3. The molecule has 0 saturated carbocycles. The number of methoxy groups -OCH3 is 2. The van der Waals surface area contributed by atoms with E-state index in [1.54, 1.807) is 20.3 Å². The van der Waals surface area contributed by atoms with E-state index in [1.165, 1.54) is 0 Å². The van der Waals surface area contributed by atoms with Gasteiger partial charge in [-0.15, -0.1) is 0 Å². The standard InChI is InChI=1S/C14H18N4O2/c1-18(10-5-4-6-11(7-10)20-3)14-8-12(15)16-13(17-14)9-19-2/h4-8H,9H2,1-3H3,(H2,15,16,17). The summed E-state index contributed by atoms with van der Waals surface area (Å²) in [5.74, 6) is 2.46. The van der Waals surface area contributed by atoms with Crippen LogP contribution >= 0.6 is 0 Å². The molecule has 1 aromatic carbocycles. The summed E-state index contributed by atoms with van der Waals surface area (Å²) in [6.07, 6.45) is 0. The van der Waals surface area contributed by atoms with E-state index in [-0.39, 0.29) is 0 Å². The average Bonchev–Trinajstić information content (AvgIpc) is 2.46. The minimum absolute atomic E-state index is 0.323. The summed E-state index contributed by atoms with van der Waals surface area (Å²) in [5.41, 5.74) is 6.75. The third-order valence-electron chi connectivity index (χ3n) is 2.84. The molecule has 0 atom stereocenters. The topological polar surface area (TPSA) is 73.5 Å². The number of ether oxygens (including phenoxy) is 2. The van der Waals surface area contributed by atoms with Crippen molar-refractivity contribution in [2.45, 2.75) is 6.61 Å². The summed E-state index contributed by atoms with van der Waals surface area (Å²) in [6.45, 7) is 0.323. The molecule has 0 saturated heterocycles. The van der Waals surface area contributed by atoms with Crippen LogP contribution in [-0.2, 0) is 11.3 Å². The second-order valence-corrected chi connectivity index (χ2v) is 4.26. The molecular weight excluding hydrogens is 256 g/mol. The van der Waals surface area contributed by atoms with Gasteiger partial charge in [-0.1, -0.05) is 6.07 Å². The monoisotopic (exact) mass is 274 g/mol. The van der Waals surface area contributed by atoms with Crippen molar-refractivity contribution in [2.24, 2.45) is 0 Å². The lowest BCUT2D eigenvalue weighted by Gasteiger charge is -2.19. The predicted molar refractivity (Wildman–Crippen MR) is 78.2 cm³/mol. The second-order valence-electron chi connectivity index (χ2n) is 4.26. The number of nitrogens with zero attached hydrogens (tertiary/aromatic N) is 3. The first kappa shape index (κ1) is 14.1. The first-order valence-corrected chi connectivity index (χ1v) is 6.14. The molecule has 0 amide bonds. The van der Waals surface area contributed by atoms with Gasteiger partial charge in [-0.3, -0.25) is 0 Å². The molecule has 0 aliphatic carbocycles. The van der Waals surface area contributed by atoms with E-state index in [4.69, 9.17) is 15.2 Å². The maximum Gasteiger partial charge on any atom is 0.158 e. The van der Waals surface area contributed by atoms with Crippen LogP contribution in [0.25, 0.3) is 0 Å². The van der Waals surface area contributed by atoms with Crippen molar-refractivity contribution in [2.75, 3.05) is 31.9 Å². The molecule has 106 valence electrons. The number of nitrogen functional groups attached to an aromatic ring is 1. The van der Waals surface area contributed by atoms with Crippen molar-refractivity contribution >= 4 is 17.3 Å². The lowest BCUT2D eigenvalue weighted by atomic mass is 10.2. The zero-order chi connectivity index (χ0) is 14.5. The number of rotatable bonds is 5. The Kier molecular flexibility index (Phi) is 4.37. The van der Waals surface area contributed by atoms with Gasteiger partial charge in [0.15, 0.2) is 5.82 Å². The molecule has 0 aliphatic heterocycles. The third kappa shape index (κ3) is 3.16. The Hall–Kier alpha value is -2.34. The maximum atomic E-state index is 5.80. The van der Waals surface area contributed by atoms with Crippen LogP contribution in [0, 0.1) is 0 Å². The Morgan fingerprint density at radius 1 is 1.20 bits per heavy atom. The number of aromatic nitrogens is 2. The molecule has 6 heteroatoms. The fourth-order valence-electron chi connectivity index (χ4n) is 1.82. The first-order valence-electron chi connectivity index (χ1n) is 6.14. The molecule has 0 aliphatic rings. The van der Waals surface area contributed by atoms with Gasteiger partial charge in [-0.05, 0) is 12.1 Å². The van der Waals surface area contributed by atoms with Crippen molar-refractivity contribution in [3.63, 3.8) is 0 Å². The minimum Gasteiger partial charge on any atom is -0.497 e. The molecule has 2 aromatic rings. The van der Waals surface area contributed by atoms with Crippen LogP contribution in [0.3, 0.4) is 0 Å². The first-order chi connectivity index (χ1) is 9.63. The third-order valence-corrected chi connectivity index (χ3v) is 2.84. The molecule has 0 fully saturated rings. The van der Waals surface area contributed by atoms with E-state index in [0.717, 1.165) is 11.4 Å². The summed E-state index contributed by atoms with van der Waals surface area (Å²) >= 11 is 0. The molecule has 1 aromatic heterocycles. The molecule has 0 spiro atoms. The van der Waals surface area contributed by atoms with Gasteiger partial charge in [0.25, 0.3) is 0 Å². The molecule has 2 N–H and O–H groups in total. The minimum atomic E-state index is 0.323. The van der Waals surface area contributed by atoms with Gasteiger partial charge in [0.05, 0.1) is 7.11 Å². The highest BCUT2D eigenvalue weighted by atomic mass is 16.5. The number of nitrogens with two attached hydrogens (primary N) is 1. The lowest BCUT2D eigenvalue weighted by Crippen LogP contribution is -2.14. The van der Waals surface area contributed by atoms with E-state index >= 15 is 0 Å². The highest BCUT2D eigenvalue weighted by Crippen LogP contribution is 2.26. The van der Waals surface area contributed by atoms with Gasteiger partial charge in [-0.25, -0.2) is 9.97 Å². The molecule has 1 heterocycles. The molecule has 6 nitrogen and oxygen atoms in total. The molecule has 0 bridgehead atoms. The quantitative estimate of drug-likeness (QED) is 0.898. The van der Waals surface area contributed by atoms with Crippen LogP contribution in [0.5, 0.6) is 5.75 Å². The van der Waals surface area contributed by atoms with Crippen LogP contribution in [0.2, 0.25) is 0 Å². The van der Waals surface area contributed by atoms with Gasteiger partial charge in [0, 0.05) is 32.0 Å². The Labute approximate surface area is 118 Å². The summed E-state index contributed by atoms with van der Waals surface area (Å²) in [6, 6.07) is 9.43. The van der Waals surface area contributed by atoms with Crippen molar-refractivity contribution in [3.8, 4) is 5.75 Å². The number of hydrogen-bond donors (Lipinski definition) is 1. The molecule has 2 rings (SSSR count). The molecule has 0 radical (unpaired) electrons. The van der Waals surface area contributed by atoms with Crippen molar-refractivity contribution in [3.05, 3.63) is 36.2 Å². The molecule has 20 heavy (non-hydrogen) atoms. The normalized spacial score (nSPS) is 10.3. The SMILES string of the molecule is COCc1nc(N)cc(N(C)c2cccc(OC)c2)n1. The second kappa shape index (κ2) is 6.21.